The summed E-state index contributed by atoms with van der Waals surface area (Å²) < 4.78 is 28.4. The van der Waals surface area contributed by atoms with Crippen molar-refractivity contribution in [2.45, 2.75) is 25.8 Å². The van der Waals surface area contributed by atoms with Gasteiger partial charge in [-0.25, -0.2) is 8.42 Å². The smallest absolute Gasteiger partial charge is 0.229 e. The molecule has 22 heavy (non-hydrogen) atoms. The van der Waals surface area contributed by atoms with Crippen LogP contribution in [0.25, 0.3) is 11.0 Å². The van der Waals surface area contributed by atoms with Crippen molar-refractivity contribution in [3.05, 3.63) is 30.0 Å². The lowest BCUT2D eigenvalue weighted by Gasteiger charge is -2.26. The molecular formula is C15H18N2O4S. The molecule has 1 aliphatic heterocycles. The average molecular weight is 322 g/mol. The van der Waals surface area contributed by atoms with E-state index in [4.69, 9.17) is 4.52 Å². The van der Waals surface area contributed by atoms with Gasteiger partial charge in [-0.15, -0.1) is 0 Å². The molecule has 1 fully saturated rings. The highest BCUT2D eigenvalue weighted by atomic mass is 32.2. The molecule has 0 N–H and O–H groups in total. The minimum absolute atomic E-state index is 0.0616. The van der Waals surface area contributed by atoms with Crippen LogP contribution in [0.4, 0.5) is 0 Å². The average Bonchev–Trinajstić information content (AvgIpc) is 3.04. The van der Waals surface area contributed by atoms with Crippen LogP contribution in [-0.2, 0) is 21.1 Å². The monoisotopic (exact) mass is 322 g/mol. The minimum Gasteiger partial charge on any atom is -0.356 e. The van der Waals surface area contributed by atoms with E-state index in [2.05, 4.69) is 5.16 Å². The maximum Gasteiger partial charge on any atom is 0.229 e. The maximum atomic E-state index is 12.5. The quantitative estimate of drug-likeness (QED) is 0.850. The van der Waals surface area contributed by atoms with E-state index in [0.29, 0.717) is 24.2 Å². The fraction of sp³-hybridized carbons (Fsp3) is 0.467. The third kappa shape index (κ3) is 2.85. The number of benzene rings is 1. The summed E-state index contributed by atoms with van der Waals surface area (Å²) in [7, 11) is -3.01. The van der Waals surface area contributed by atoms with E-state index < -0.39 is 9.84 Å². The predicted octanol–water partition coefficient (Wildman–Crippen LogP) is 1.41. The number of carbonyl (C=O) groups excluding carboxylic acids is 1. The molecule has 0 saturated carbocycles. The molecule has 118 valence electrons. The molecular weight excluding hydrogens is 304 g/mol. The van der Waals surface area contributed by atoms with Crippen LogP contribution in [0.15, 0.2) is 28.8 Å². The molecule has 1 unspecified atom stereocenters. The lowest BCUT2D eigenvalue weighted by molar-refractivity contribution is -0.132. The molecule has 0 aliphatic carbocycles. The molecule has 1 aromatic heterocycles. The summed E-state index contributed by atoms with van der Waals surface area (Å²) in [5.41, 5.74) is 1.25. The SMILES string of the molecule is CCN(C(=O)Cc1noc2ccccc12)C1CCS(=O)(=O)C1. The Hall–Kier alpha value is -1.89. The van der Waals surface area contributed by atoms with Crippen molar-refractivity contribution in [1.29, 1.82) is 0 Å². The Kier molecular flexibility index (Phi) is 3.90. The summed E-state index contributed by atoms with van der Waals surface area (Å²) in [6, 6.07) is 7.16. The van der Waals surface area contributed by atoms with E-state index in [1.54, 1.807) is 11.0 Å². The van der Waals surface area contributed by atoms with Gasteiger partial charge in [-0.3, -0.25) is 4.79 Å². The third-order valence-electron chi connectivity index (χ3n) is 4.08. The van der Waals surface area contributed by atoms with E-state index in [9.17, 15) is 13.2 Å². The number of nitrogens with zero attached hydrogens (tertiary/aromatic N) is 2. The summed E-state index contributed by atoms with van der Waals surface area (Å²) >= 11 is 0. The molecule has 3 rings (SSSR count). The van der Waals surface area contributed by atoms with Crippen molar-refractivity contribution in [3.63, 3.8) is 0 Å². The highest BCUT2D eigenvalue weighted by Gasteiger charge is 2.34. The number of likely N-dealkylation sites (N-methyl/N-ethyl adjacent to an activating group) is 1. The molecule has 1 amide bonds. The lowest BCUT2D eigenvalue weighted by atomic mass is 10.1. The van der Waals surface area contributed by atoms with E-state index in [0.717, 1.165) is 5.39 Å². The lowest BCUT2D eigenvalue weighted by Crippen LogP contribution is -2.41. The first kappa shape index (κ1) is 15.0. The van der Waals surface area contributed by atoms with Crippen LogP contribution in [0, 0.1) is 0 Å². The summed E-state index contributed by atoms with van der Waals surface area (Å²) in [6.45, 7) is 2.36. The Labute approximate surface area is 129 Å². The fourth-order valence-corrected chi connectivity index (χ4v) is 4.70. The Balaban J connectivity index is 1.78. The van der Waals surface area contributed by atoms with Crippen LogP contribution in [0.5, 0.6) is 0 Å². The molecule has 0 radical (unpaired) electrons. The van der Waals surface area contributed by atoms with Crippen LogP contribution in [0.1, 0.15) is 19.0 Å². The summed E-state index contributed by atoms with van der Waals surface area (Å²) in [5.74, 6) is 0.115. The van der Waals surface area contributed by atoms with Crippen molar-refractivity contribution in [2.75, 3.05) is 18.1 Å². The van der Waals surface area contributed by atoms with Crippen molar-refractivity contribution >= 4 is 26.7 Å². The van der Waals surface area contributed by atoms with Crippen LogP contribution >= 0.6 is 0 Å². The second-order valence-corrected chi connectivity index (χ2v) is 7.77. The Morgan fingerprint density at radius 3 is 2.86 bits per heavy atom. The number of amides is 1. The topological polar surface area (TPSA) is 80.5 Å². The van der Waals surface area contributed by atoms with E-state index in [1.807, 2.05) is 25.1 Å². The zero-order valence-corrected chi connectivity index (χ0v) is 13.2. The van der Waals surface area contributed by atoms with Gasteiger partial charge < -0.3 is 9.42 Å². The number of carbonyl (C=O) groups is 1. The molecule has 0 bridgehead atoms. The Morgan fingerprint density at radius 2 is 2.18 bits per heavy atom. The van der Waals surface area contributed by atoms with Gasteiger partial charge in [0.05, 0.1) is 17.9 Å². The van der Waals surface area contributed by atoms with Crippen molar-refractivity contribution < 1.29 is 17.7 Å². The van der Waals surface area contributed by atoms with Crippen molar-refractivity contribution in [2.24, 2.45) is 0 Å². The molecule has 2 aromatic rings. The number of hydrogen-bond acceptors (Lipinski definition) is 5. The zero-order valence-electron chi connectivity index (χ0n) is 12.4. The largest absolute Gasteiger partial charge is 0.356 e. The molecule has 1 saturated heterocycles. The fourth-order valence-electron chi connectivity index (χ4n) is 2.97. The van der Waals surface area contributed by atoms with E-state index >= 15 is 0 Å². The molecule has 6 nitrogen and oxygen atoms in total. The normalized spacial score (nSPS) is 20.3. The van der Waals surface area contributed by atoms with Gasteiger partial charge in [-0.2, -0.15) is 0 Å². The highest BCUT2D eigenvalue weighted by molar-refractivity contribution is 7.91. The van der Waals surface area contributed by atoms with Gasteiger partial charge in [0.1, 0.15) is 5.69 Å². The number of aromatic nitrogens is 1. The van der Waals surface area contributed by atoms with Crippen LogP contribution < -0.4 is 0 Å². The van der Waals surface area contributed by atoms with Gasteiger partial charge in [-0.1, -0.05) is 17.3 Å². The second kappa shape index (κ2) is 5.72. The molecule has 1 aromatic carbocycles. The molecule has 1 aliphatic rings. The van der Waals surface area contributed by atoms with E-state index in [-0.39, 0.29) is 29.9 Å². The van der Waals surface area contributed by atoms with Gasteiger partial charge in [-0.05, 0) is 25.5 Å². The molecule has 1 atom stereocenters. The van der Waals surface area contributed by atoms with Crippen LogP contribution in [0.3, 0.4) is 0 Å². The second-order valence-electron chi connectivity index (χ2n) is 5.54. The maximum absolute atomic E-state index is 12.5. The van der Waals surface area contributed by atoms with E-state index in [1.165, 1.54) is 0 Å². The predicted molar refractivity (Wildman–Crippen MR) is 82.2 cm³/mol. The highest BCUT2D eigenvalue weighted by Crippen LogP contribution is 2.21. The third-order valence-corrected chi connectivity index (χ3v) is 5.83. The molecule has 7 heteroatoms. The Morgan fingerprint density at radius 1 is 1.41 bits per heavy atom. The first-order valence-electron chi connectivity index (χ1n) is 7.33. The first-order valence-corrected chi connectivity index (χ1v) is 9.15. The number of para-hydroxylation sites is 1. The molecule has 2 heterocycles. The number of sulfone groups is 1. The Bertz CT molecular complexity index is 797. The minimum atomic E-state index is -3.01. The van der Waals surface area contributed by atoms with Gasteiger partial charge in [0.25, 0.3) is 0 Å². The summed E-state index contributed by atoms with van der Waals surface area (Å²) in [5, 5.41) is 4.79. The van der Waals surface area contributed by atoms with Crippen LogP contribution in [-0.4, -0.2) is 48.5 Å². The van der Waals surface area contributed by atoms with Gasteiger partial charge >= 0.3 is 0 Å². The summed E-state index contributed by atoms with van der Waals surface area (Å²) in [4.78, 5) is 14.2. The van der Waals surface area contributed by atoms with Crippen LogP contribution in [0.2, 0.25) is 0 Å². The first-order chi connectivity index (χ1) is 10.5. The summed E-state index contributed by atoms with van der Waals surface area (Å²) in [6.07, 6.45) is 0.642. The van der Waals surface area contributed by atoms with Gasteiger partial charge in [0.15, 0.2) is 15.4 Å². The van der Waals surface area contributed by atoms with Gasteiger partial charge in [0, 0.05) is 18.0 Å². The standard InChI is InChI=1S/C15H18N2O4S/c1-2-17(11-7-8-22(19,20)10-11)15(18)9-13-12-5-3-4-6-14(12)21-16-13/h3-6,11H,2,7-10H2,1H3. The zero-order chi connectivity index (χ0) is 15.7. The van der Waals surface area contributed by atoms with Crippen molar-refractivity contribution in [3.8, 4) is 0 Å². The van der Waals surface area contributed by atoms with Crippen molar-refractivity contribution in [1.82, 2.24) is 10.1 Å². The number of rotatable bonds is 4. The number of fused-ring (bicyclic) bond motifs is 1. The van der Waals surface area contributed by atoms with Gasteiger partial charge in [0.2, 0.25) is 5.91 Å². The number of hydrogen-bond donors (Lipinski definition) is 0. The molecule has 0 spiro atoms.